The zero-order valence-electron chi connectivity index (χ0n) is 6.69. The lowest BCUT2D eigenvalue weighted by molar-refractivity contribution is 0.102. The number of carbonyl (C=O) groups is 1. The first-order valence-electron chi connectivity index (χ1n) is 3.54. The number of halogens is 1. The second kappa shape index (κ2) is 3.84. The first-order chi connectivity index (χ1) is 6.75. The molecule has 0 saturated heterocycles. The Morgan fingerprint density at radius 1 is 1.57 bits per heavy atom. The fourth-order valence-electron chi connectivity index (χ4n) is 0.784. The van der Waals surface area contributed by atoms with Gasteiger partial charge in [-0.15, -0.1) is 0 Å². The highest BCUT2D eigenvalue weighted by Gasteiger charge is 2.10. The molecule has 0 aliphatic heterocycles. The Kier molecular flexibility index (Phi) is 2.55. The fraction of sp³-hybridized carbons (Fsp3) is 0. The van der Waals surface area contributed by atoms with Crippen LogP contribution in [0.1, 0.15) is 10.5 Å². The molecule has 0 saturated carbocycles. The topological polar surface area (TPSA) is 83.6 Å². The number of amides is 1. The Labute approximate surface area is 90.9 Å². The van der Waals surface area contributed by atoms with E-state index in [1.165, 1.54) is 17.5 Å². The number of aromatic amines is 1. The van der Waals surface area contributed by atoms with Crippen LogP contribution in [0.2, 0.25) is 0 Å². The largest absolute Gasteiger partial charge is 0.296 e. The monoisotopic (exact) mass is 273 g/mol. The van der Waals surface area contributed by atoms with Crippen molar-refractivity contribution in [3.63, 3.8) is 0 Å². The van der Waals surface area contributed by atoms with Crippen LogP contribution in [0.15, 0.2) is 16.2 Å². The third-order valence-corrected chi connectivity index (χ3v) is 2.74. The molecule has 0 atom stereocenters. The molecule has 8 heteroatoms. The summed E-state index contributed by atoms with van der Waals surface area (Å²) >= 11 is 4.57. The molecular formula is C6H4BrN5OS. The number of hydrogen-bond acceptors (Lipinski definition) is 5. The van der Waals surface area contributed by atoms with E-state index in [9.17, 15) is 4.79 Å². The number of aromatic nitrogens is 4. The van der Waals surface area contributed by atoms with E-state index >= 15 is 0 Å². The van der Waals surface area contributed by atoms with Crippen LogP contribution in [0.25, 0.3) is 0 Å². The normalized spacial score (nSPS) is 10.1. The lowest BCUT2D eigenvalue weighted by Crippen LogP contribution is -2.11. The summed E-state index contributed by atoms with van der Waals surface area (Å²) in [6.07, 6.45) is 2.96. The van der Waals surface area contributed by atoms with Crippen LogP contribution in [0, 0.1) is 0 Å². The van der Waals surface area contributed by atoms with Gasteiger partial charge in [-0.2, -0.15) is 15.4 Å². The van der Waals surface area contributed by atoms with Crippen LogP contribution in [-0.2, 0) is 0 Å². The number of hydrogen-bond donors (Lipinski definition) is 2. The van der Waals surface area contributed by atoms with Gasteiger partial charge in [0.05, 0.1) is 16.2 Å². The van der Waals surface area contributed by atoms with Gasteiger partial charge >= 0.3 is 0 Å². The lowest BCUT2D eigenvalue weighted by atomic mass is 10.4. The molecule has 1 amide bonds. The maximum Gasteiger partial charge on any atom is 0.279 e. The fourth-order valence-corrected chi connectivity index (χ4v) is 1.89. The molecule has 72 valence electrons. The summed E-state index contributed by atoms with van der Waals surface area (Å²) in [5.74, 6) is -0.333. The van der Waals surface area contributed by atoms with Crippen molar-refractivity contribution >= 4 is 38.3 Å². The highest BCUT2D eigenvalue weighted by Crippen LogP contribution is 2.23. The number of anilines is 1. The van der Waals surface area contributed by atoms with Crippen LogP contribution in [0.4, 0.5) is 5.13 Å². The van der Waals surface area contributed by atoms with Gasteiger partial charge in [0.25, 0.3) is 5.91 Å². The van der Waals surface area contributed by atoms with Crippen molar-refractivity contribution in [2.75, 3.05) is 5.32 Å². The molecule has 0 aliphatic carbocycles. The van der Waals surface area contributed by atoms with Gasteiger partial charge < -0.3 is 0 Å². The maximum atomic E-state index is 11.4. The third kappa shape index (κ3) is 1.96. The summed E-state index contributed by atoms with van der Waals surface area (Å²) in [5.41, 5.74) is 0.233. The Hall–Kier alpha value is -1.28. The Morgan fingerprint density at radius 2 is 2.43 bits per heavy atom. The summed E-state index contributed by atoms with van der Waals surface area (Å²) in [5, 5.41) is 12.6. The van der Waals surface area contributed by atoms with Gasteiger partial charge in [0.15, 0.2) is 10.8 Å². The van der Waals surface area contributed by atoms with Crippen molar-refractivity contribution in [1.82, 2.24) is 20.4 Å². The number of H-pyrrole nitrogens is 1. The highest BCUT2D eigenvalue weighted by atomic mass is 79.9. The van der Waals surface area contributed by atoms with E-state index in [2.05, 4.69) is 41.6 Å². The van der Waals surface area contributed by atoms with E-state index in [0.717, 1.165) is 3.79 Å². The number of nitrogens with one attached hydrogen (secondary N) is 2. The average molecular weight is 274 g/mol. The summed E-state index contributed by atoms with van der Waals surface area (Å²) in [6.45, 7) is 0. The Balaban J connectivity index is 2.09. The molecule has 14 heavy (non-hydrogen) atoms. The maximum absolute atomic E-state index is 11.4. The van der Waals surface area contributed by atoms with E-state index in [0.29, 0.717) is 5.13 Å². The number of rotatable bonds is 2. The van der Waals surface area contributed by atoms with Crippen molar-refractivity contribution in [1.29, 1.82) is 0 Å². The molecule has 0 aliphatic rings. The summed E-state index contributed by atoms with van der Waals surface area (Å²) in [4.78, 5) is 15.3. The van der Waals surface area contributed by atoms with Crippen LogP contribution in [0.5, 0.6) is 0 Å². The first-order valence-corrected chi connectivity index (χ1v) is 5.15. The summed E-state index contributed by atoms with van der Waals surface area (Å²) in [6, 6.07) is 0. The molecule has 0 spiro atoms. The molecule has 2 N–H and O–H groups in total. The van der Waals surface area contributed by atoms with Crippen molar-refractivity contribution < 1.29 is 4.79 Å². The van der Waals surface area contributed by atoms with Gasteiger partial charge in [-0.3, -0.25) is 10.1 Å². The minimum Gasteiger partial charge on any atom is -0.296 e. The van der Waals surface area contributed by atoms with Crippen molar-refractivity contribution in [3.8, 4) is 0 Å². The molecule has 6 nitrogen and oxygen atoms in total. The van der Waals surface area contributed by atoms with E-state index in [4.69, 9.17) is 0 Å². The Bertz CT molecular complexity index is 439. The second-order valence-corrected chi connectivity index (χ2v) is 4.69. The first kappa shape index (κ1) is 9.28. The van der Waals surface area contributed by atoms with E-state index in [1.54, 1.807) is 6.20 Å². The quantitative estimate of drug-likeness (QED) is 0.863. The molecule has 0 bridgehead atoms. The van der Waals surface area contributed by atoms with Gasteiger partial charge in [-0.1, -0.05) is 11.3 Å². The predicted molar refractivity (Wildman–Crippen MR) is 54.1 cm³/mol. The molecule has 0 radical (unpaired) electrons. The summed E-state index contributed by atoms with van der Waals surface area (Å²) in [7, 11) is 0. The lowest BCUT2D eigenvalue weighted by Gasteiger charge is -1.95. The van der Waals surface area contributed by atoms with Gasteiger partial charge in [-0.25, -0.2) is 4.98 Å². The SMILES string of the molecule is O=C(Nc1ncc(Br)s1)c1cn[nH]n1. The predicted octanol–water partition coefficient (Wildman–Crippen LogP) is 1.28. The molecule has 2 rings (SSSR count). The van der Waals surface area contributed by atoms with Gasteiger partial charge in [0, 0.05) is 0 Å². The smallest absolute Gasteiger partial charge is 0.279 e. The molecule has 2 aromatic rings. The van der Waals surface area contributed by atoms with Crippen LogP contribution < -0.4 is 5.32 Å². The van der Waals surface area contributed by atoms with Gasteiger partial charge in [0.2, 0.25) is 0 Å². The molecule has 0 unspecified atom stereocenters. The van der Waals surface area contributed by atoms with Crippen LogP contribution in [0.3, 0.4) is 0 Å². The average Bonchev–Trinajstić information content (AvgIpc) is 2.75. The molecular weight excluding hydrogens is 270 g/mol. The molecule has 0 aromatic carbocycles. The van der Waals surface area contributed by atoms with Crippen molar-refractivity contribution in [2.24, 2.45) is 0 Å². The van der Waals surface area contributed by atoms with Gasteiger partial charge in [0.1, 0.15) is 0 Å². The van der Waals surface area contributed by atoms with E-state index < -0.39 is 0 Å². The zero-order valence-corrected chi connectivity index (χ0v) is 9.09. The number of thiazole rings is 1. The summed E-state index contributed by atoms with van der Waals surface area (Å²) < 4.78 is 0.855. The number of carbonyl (C=O) groups excluding carboxylic acids is 1. The molecule has 2 heterocycles. The van der Waals surface area contributed by atoms with E-state index in [1.807, 2.05) is 0 Å². The molecule has 2 aromatic heterocycles. The van der Waals surface area contributed by atoms with Crippen LogP contribution in [-0.4, -0.2) is 26.3 Å². The van der Waals surface area contributed by atoms with Crippen molar-refractivity contribution in [2.45, 2.75) is 0 Å². The Morgan fingerprint density at radius 3 is 3.00 bits per heavy atom. The van der Waals surface area contributed by atoms with Gasteiger partial charge in [-0.05, 0) is 15.9 Å². The highest BCUT2D eigenvalue weighted by molar-refractivity contribution is 9.11. The minimum atomic E-state index is -0.333. The standard InChI is InChI=1S/C6H4BrN5OS/c7-4-2-8-6(14-4)10-5(13)3-1-9-12-11-3/h1-2H,(H,8,10,13)(H,9,11,12). The zero-order chi connectivity index (χ0) is 9.97. The van der Waals surface area contributed by atoms with E-state index in [-0.39, 0.29) is 11.6 Å². The third-order valence-electron chi connectivity index (χ3n) is 1.35. The van der Waals surface area contributed by atoms with Crippen molar-refractivity contribution in [3.05, 3.63) is 21.9 Å². The second-order valence-electron chi connectivity index (χ2n) is 2.28. The minimum absolute atomic E-state index is 0.233. The van der Waals surface area contributed by atoms with Crippen LogP contribution >= 0.6 is 27.3 Å². The molecule has 0 fully saturated rings. The number of nitrogens with zero attached hydrogens (tertiary/aromatic N) is 3.